The van der Waals surface area contributed by atoms with Crippen LogP contribution in [0.25, 0.3) is 22.6 Å². The molecule has 0 spiro atoms. The minimum Gasteiger partial charge on any atom is -0.867 e. The smallest absolute Gasteiger partial charge is 0.393 e. The van der Waals surface area contributed by atoms with Crippen molar-refractivity contribution in [2.24, 2.45) is 0 Å². The molecule has 12 heteroatoms. The molecule has 0 aliphatic rings. The molecule has 0 radical (unpaired) electrons. The molecule has 0 atom stereocenters. The van der Waals surface area contributed by atoms with E-state index in [1.807, 2.05) is 72.8 Å². The highest BCUT2D eigenvalue weighted by atomic mass is 32.2. The second-order valence-electron chi connectivity index (χ2n) is 15.0. The first-order valence-electron chi connectivity index (χ1n) is 22.6. The van der Waals surface area contributed by atoms with Crippen molar-refractivity contribution in [1.29, 1.82) is 0 Å². The molecule has 0 N–H and O–H groups in total. The van der Waals surface area contributed by atoms with Crippen LogP contribution in [0.2, 0.25) is 0 Å². The maximum absolute atomic E-state index is 9.89. The minimum atomic E-state index is -3.17. The van der Waals surface area contributed by atoms with Gasteiger partial charge in [-0.2, -0.15) is 8.83 Å². The summed E-state index contributed by atoms with van der Waals surface area (Å²) in [6.45, 7) is 5.93. The lowest BCUT2D eigenvalue weighted by Crippen LogP contribution is -2.39. The van der Waals surface area contributed by atoms with Crippen LogP contribution in [-0.4, -0.2) is 20.6 Å². The van der Waals surface area contributed by atoms with Gasteiger partial charge in [-0.05, 0) is 110 Å². The second-order valence-corrected chi connectivity index (χ2v) is 19.5. The fourth-order valence-corrected chi connectivity index (χ4v) is 10.0. The quantitative estimate of drug-likeness (QED) is 0.0418. The van der Waals surface area contributed by atoms with E-state index in [1.165, 1.54) is 35.5 Å². The van der Waals surface area contributed by atoms with Gasteiger partial charge in [0.15, 0.2) is 0 Å². The summed E-state index contributed by atoms with van der Waals surface area (Å²) < 4.78 is 34.2. The lowest BCUT2D eigenvalue weighted by Gasteiger charge is -2.09. The fourth-order valence-electron chi connectivity index (χ4n) is 6.39. The van der Waals surface area contributed by atoms with E-state index in [9.17, 15) is 4.32 Å². The number of hydrogen-bond acceptors (Lipinski definition) is 8. The van der Waals surface area contributed by atoms with Crippen LogP contribution in [0.5, 0.6) is 11.5 Å². The van der Waals surface area contributed by atoms with Gasteiger partial charge in [0.25, 0.3) is 0 Å². The number of unbranched alkanes of at least 4 members (excludes halogenated alkanes) is 4. The van der Waals surface area contributed by atoms with Crippen LogP contribution in [0.15, 0.2) is 243 Å². The zero-order valence-corrected chi connectivity index (χ0v) is 41.4. The number of rotatable bonds is 20. The summed E-state index contributed by atoms with van der Waals surface area (Å²) >= 11 is 6.75. The molecule has 0 fully saturated rings. The highest BCUT2D eigenvalue weighted by Gasteiger charge is 2.22. The molecule has 68 heavy (non-hydrogen) atoms. The Morgan fingerprint density at radius 1 is 0.412 bits per heavy atom. The van der Waals surface area contributed by atoms with E-state index in [0.29, 0.717) is 0 Å². The highest BCUT2D eigenvalue weighted by molar-refractivity contribution is 8.00. The molecule has 0 aliphatic heterocycles. The summed E-state index contributed by atoms with van der Waals surface area (Å²) in [6, 6.07) is 66.3. The molecule has 2 heterocycles. The van der Waals surface area contributed by atoms with Gasteiger partial charge in [0.2, 0.25) is 0 Å². The summed E-state index contributed by atoms with van der Waals surface area (Å²) in [4.78, 5) is 7.01. The van der Waals surface area contributed by atoms with Gasteiger partial charge < -0.3 is 23.8 Å². The fraction of sp³-hybridized carbons (Fsp3) is 0.179. The summed E-state index contributed by atoms with van der Waals surface area (Å²) in [5.41, 5.74) is 2.08. The first-order valence-corrected chi connectivity index (χ1v) is 25.9. The second kappa shape index (κ2) is 29.4. The third-order valence-corrected chi connectivity index (χ3v) is 13.5. The molecule has 6 nitrogen and oxygen atoms in total. The van der Waals surface area contributed by atoms with Gasteiger partial charge >= 0.3 is 21.7 Å². The number of ether oxygens (including phenoxy) is 2. The van der Waals surface area contributed by atoms with Gasteiger partial charge in [0.1, 0.15) is 18.9 Å². The van der Waals surface area contributed by atoms with Crippen LogP contribution >= 0.6 is 47.0 Å². The molecule has 0 unspecified atom stereocenters. The Labute approximate surface area is 418 Å². The van der Waals surface area contributed by atoms with Crippen LogP contribution in [0.4, 0.5) is 4.32 Å². The Balaban J connectivity index is 0.000000208. The summed E-state index contributed by atoms with van der Waals surface area (Å²) in [6.07, 6.45) is 6.98. The number of hydrogen-bond donors (Lipinski definition) is 0. The van der Waals surface area contributed by atoms with Crippen LogP contribution in [0.1, 0.15) is 52.4 Å². The monoisotopic (exact) mass is 980 g/mol. The molecule has 2 aromatic heterocycles. The maximum Gasteiger partial charge on any atom is 0.393 e. The zero-order chi connectivity index (χ0) is 47.6. The predicted molar refractivity (Wildman–Crippen MR) is 276 cm³/mol. The minimum absolute atomic E-state index is 0.763. The molecule has 0 aliphatic carbocycles. The molecule has 8 aromatic rings. The van der Waals surface area contributed by atoms with Crippen molar-refractivity contribution >= 4 is 54.4 Å². The zero-order valence-electron chi connectivity index (χ0n) is 38.2. The predicted octanol–water partition coefficient (Wildman–Crippen LogP) is 15.9. The van der Waals surface area contributed by atoms with Gasteiger partial charge in [-0.1, -0.05) is 136 Å². The SMILES string of the molecule is CCCCCOc1ccc(-c2cc(Sc3ccccc3)cc(Sc3ccccc3)[o+]2)cc1.CCCCCOc1ccc(-c2cc(Sc3ccccc3)cc(Sc3ccccc3)[o+]2)cc1.[O-]B([O-])F. The number of benzene rings is 6. The van der Waals surface area contributed by atoms with Crippen molar-refractivity contribution in [3.63, 3.8) is 0 Å². The van der Waals surface area contributed by atoms with Gasteiger partial charge in [0.05, 0.1) is 48.6 Å². The van der Waals surface area contributed by atoms with E-state index in [-0.39, 0.29) is 0 Å². The van der Waals surface area contributed by atoms with E-state index >= 15 is 0 Å². The maximum atomic E-state index is 9.89. The van der Waals surface area contributed by atoms with Crippen LogP contribution in [-0.2, 0) is 0 Å². The largest absolute Gasteiger partial charge is 0.867 e. The van der Waals surface area contributed by atoms with Crippen molar-refractivity contribution in [2.75, 3.05) is 13.2 Å². The standard InChI is InChI=1S/2C28H27O2S2.BFO2/c2*1-2-3-10-19-29-23-17-15-22(16-18-23)27-20-26(31-24-11-6-4-7-12-24)21-28(30-27)32-25-13-8-5-9-14-25;2-1(3)4/h2*4-9,11-18,20-21H,2-3,10,19H2,1H3;/q2*+1;-2. The van der Waals surface area contributed by atoms with Gasteiger partial charge in [0, 0.05) is 52.9 Å². The molecule has 0 saturated heterocycles. The molecular formula is C56H54BFO6S4. The third-order valence-electron chi connectivity index (χ3n) is 9.68. The van der Waals surface area contributed by atoms with E-state index in [0.717, 1.165) is 90.0 Å². The van der Waals surface area contributed by atoms with E-state index in [1.54, 1.807) is 47.0 Å². The molecule has 8 rings (SSSR count). The molecule has 0 saturated carbocycles. The molecule has 348 valence electrons. The molecular weight excluding hydrogens is 927 g/mol. The lowest BCUT2D eigenvalue weighted by molar-refractivity contribution is -0.366. The molecule has 0 amide bonds. The van der Waals surface area contributed by atoms with Crippen molar-refractivity contribution in [1.82, 2.24) is 0 Å². The molecule has 6 aromatic carbocycles. The van der Waals surface area contributed by atoms with E-state index in [2.05, 4.69) is 135 Å². The Morgan fingerprint density at radius 2 is 0.721 bits per heavy atom. The van der Waals surface area contributed by atoms with Crippen molar-refractivity contribution in [3.8, 4) is 34.1 Å². The average molecular weight is 981 g/mol. The van der Waals surface area contributed by atoms with Crippen LogP contribution in [0.3, 0.4) is 0 Å². The van der Waals surface area contributed by atoms with Crippen molar-refractivity contribution in [3.05, 3.63) is 194 Å². The lowest BCUT2D eigenvalue weighted by atomic mass is 10.1. The normalized spacial score (nSPS) is 10.5. The first-order chi connectivity index (χ1) is 33.3. The number of halogens is 1. The summed E-state index contributed by atoms with van der Waals surface area (Å²) in [7, 11) is -3.17. The Morgan fingerprint density at radius 3 is 1.03 bits per heavy atom. The average Bonchev–Trinajstić information content (AvgIpc) is 3.36. The van der Waals surface area contributed by atoms with E-state index in [4.69, 9.17) is 28.4 Å². The first kappa shape index (κ1) is 51.9. The van der Waals surface area contributed by atoms with Crippen LogP contribution in [0, 0.1) is 0 Å². The van der Waals surface area contributed by atoms with Gasteiger partial charge in [-0.15, -0.1) is 0 Å². The van der Waals surface area contributed by atoms with Gasteiger partial charge in [-0.25, -0.2) is 0 Å². The van der Waals surface area contributed by atoms with Gasteiger partial charge in [-0.3, -0.25) is 0 Å². The van der Waals surface area contributed by atoms with Crippen molar-refractivity contribution in [2.45, 2.75) is 91.9 Å². The Hall–Kier alpha value is -5.47. The van der Waals surface area contributed by atoms with E-state index < -0.39 is 7.40 Å². The topological polar surface area (TPSA) is 87.2 Å². The third kappa shape index (κ3) is 18.9. The van der Waals surface area contributed by atoms with Crippen LogP contribution < -0.4 is 19.5 Å². The Bertz CT molecular complexity index is 2330. The van der Waals surface area contributed by atoms with Crippen molar-refractivity contribution < 1.29 is 32.7 Å². The summed E-state index contributed by atoms with van der Waals surface area (Å²) in [5, 5.41) is 18.3. The highest BCUT2D eigenvalue weighted by Crippen LogP contribution is 2.39. The summed E-state index contributed by atoms with van der Waals surface area (Å²) in [5.74, 6) is 3.50. The Kier molecular flexibility index (Phi) is 22.5. The molecule has 0 bridgehead atoms.